The molecule has 1 atom stereocenters. The van der Waals surface area contributed by atoms with Gasteiger partial charge in [0, 0.05) is 24.8 Å². The summed E-state index contributed by atoms with van der Waals surface area (Å²) in [6.07, 6.45) is 3.88. The van der Waals surface area contributed by atoms with Gasteiger partial charge in [-0.15, -0.1) is 0 Å². The molecule has 1 fully saturated rings. The fourth-order valence-corrected chi connectivity index (χ4v) is 3.08. The Morgan fingerprint density at radius 1 is 1.36 bits per heavy atom. The predicted molar refractivity (Wildman–Crippen MR) is 90.1 cm³/mol. The topological polar surface area (TPSA) is 50.2 Å². The highest BCUT2D eigenvalue weighted by molar-refractivity contribution is 5.92. The van der Waals surface area contributed by atoms with Crippen LogP contribution in [0.25, 0.3) is 0 Å². The number of benzene rings is 1. The Kier molecular flexibility index (Phi) is 5.43. The molecule has 1 aromatic carbocycles. The molecule has 25 heavy (non-hydrogen) atoms. The Bertz CT molecular complexity index is 720. The molecule has 7 heteroatoms. The van der Waals surface area contributed by atoms with Crippen molar-refractivity contribution in [2.75, 3.05) is 19.6 Å². The van der Waals surface area contributed by atoms with Gasteiger partial charge in [0.1, 0.15) is 17.3 Å². The Hall–Kier alpha value is -2.28. The van der Waals surface area contributed by atoms with E-state index in [1.165, 1.54) is 23.1 Å². The first-order chi connectivity index (χ1) is 12.1. The third-order valence-electron chi connectivity index (χ3n) is 4.55. The van der Waals surface area contributed by atoms with Crippen LogP contribution >= 0.6 is 0 Å². The van der Waals surface area contributed by atoms with Crippen LogP contribution in [-0.4, -0.2) is 40.2 Å². The van der Waals surface area contributed by atoms with Gasteiger partial charge in [-0.1, -0.05) is 6.07 Å². The highest BCUT2D eigenvalue weighted by Gasteiger charge is 2.22. The number of hydrogen-bond donors (Lipinski definition) is 1. The zero-order valence-electron chi connectivity index (χ0n) is 14.2. The Balaban J connectivity index is 1.75. The van der Waals surface area contributed by atoms with Crippen LogP contribution in [0, 0.1) is 11.6 Å². The molecule has 1 aromatic heterocycles. The van der Waals surface area contributed by atoms with Crippen molar-refractivity contribution < 1.29 is 13.6 Å². The van der Waals surface area contributed by atoms with Crippen LogP contribution in [0.5, 0.6) is 0 Å². The van der Waals surface area contributed by atoms with Gasteiger partial charge in [0.05, 0.1) is 12.6 Å². The van der Waals surface area contributed by atoms with Crippen molar-refractivity contribution in [2.45, 2.75) is 32.4 Å². The maximum atomic E-state index is 13.9. The van der Waals surface area contributed by atoms with Gasteiger partial charge >= 0.3 is 0 Å². The number of carbonyl (C=O) groups excluding carboxylic acids is 1. The van der Waals surface area contributed by atoms with Gasteiger partial charge < -0.3 is 10.2 Å². The van der Waals surface area contributed by atoms with Crippen molar-refractivity contribution in [1.82, 2.24) is 20.0 Å². The molecule has 3 rings (SSSR count). The van der Waals surface area contributed by atoms with Crippen LogP contribution in [0.1, 0.15) is 41.9 Å². The first-order valence-electron chi connectivity index (χ1n) is 8.58. The lowest BCUT2D eigenvalue weighted by atomic mass is 10.1. The number of halogens is 2. The van der Waals surface area contributed by atoms with E-state index in [0.717, 1.165) is 25.9 Å². The molecule has 1 unspecified atom stereocenters. The van der Waals surface area contributed by atoms with Crippen LogP contribution < -0.4 is 5.32 Å². The molecule has 5 nitrogen and oxygen atoms in total. The van der Waals surface area contributed by atoms with Crippen molar-refractivity contribution in [3.63, 3.8) is 0 Å². The number of rotatable bonds is 5. The van der Waals surface area contributed by atoms with Crippen LogP contribution in [0.4, 0.5) is 8.78 Å². The average Bonchev–Trinajstić information content (AvgIpc) is 3.12. The maximum absolute atomic E-state index is 13.9. The van der Waals surface area contributed by atoms with E-state index in [1.807, 2.05) is 0 Å². The summed E-state index contributed by atoms with van der Waals surface area (Å²) in [4.78, 5) is 14.1. The maximum Gasteiger partial charge on any atom is 0.274 e. The number of carbonyl (C=O) groups is 1. The summed E-state index contributed by atoms with van der Waals surface area (Å²) >= 11 is 0. The Labute approximate surface area is 145 Å². The molecule has 2 aromatic rings. The highest BCUT2D eigenvalue weighted by Crippen LogP contribution is 2.18. The van der Waals surface area contributed by atoms with Gasteiger partial charge in [-0.25, -0.2) is 8.78 Å². The lowest BCUT2D eigenvalue weighted by Crippen LogP contribution is -2.33. The van der Waals surface area contributed by atoms with E-state index in [0.29, 0.717) is 12.2 Å². The molecule has 1 aliphatic rings. The van der Waals surface area contributed by atoms with E-state index in [1.54, 1.807) is 23.9 Å². The molecule has 1 aliphatic heterocycles. The third-order valence-corrected chi connectivity index (χ3v) is 4.55. The minimum absolute atomic E-state index is 0.103. The summed E-state index contributed by atoms with van der Waals surface area (Å²) < 4.78 is 29.5. The molecule has 0 bridgehead atoms. The number of nitrogens with one attached hydrogen (secondary N) is 1. The van der Waals surface area contributed by atoms with Crippen LogP contribution in [0.3, 0.4) is 0 Å². The quantitative estimate of drug-likeness (QED) is 0.904. The van der Waals surface area contributed by atoms with E-state index < -0.39 is 11.6 Å². The van der Waals surface area contributed by atoms with Crippen molar-refractivity contribution in [3.05, 3.63) is 53.4 Å². The number of nitrogens with zero attached hydrogens (tertiary/aromatic N) is 3. The summed E-state index contributed by atoms with van der Waals surface area (Å²) in [6.45, 7) is 3.82. The van der Waals surface area contributed by atoms with Crippen molar-refractivity contribution in [3.8, 4) is 0 Å². The van der Waals surface area contributed by atoms with Gasteiger partial charge in [0.25, 0.3) is 5.91 Å². The van der Waals surface area contributed by atoms with Gasteiger partial charge in [-0.3, -0.25) is 9.48 Å². The minimum Gasteiger partial charge on any atom is -0.333 e. The Morgan fingerprint density at radius 3 is 2.76 bits per heavy atom. The number of hydrogen-bond acceptors (Lipinski definition) is 3. The second-order valence-corrected chi connectivity index (χ2v) is 6.20. The predicted octanol–water partition coefficient (Wildman–Crippen LogP) is 2.75. The summed E-state index contributed by atoms with van der Waals surface area (Å²) in [5.74, 6) is -1.62. The molecule has 1 amide bonds. The fraction of sp³-hybridized carbons (Fsp3) is 0.444. The monoisotopic (exact) mass is 348 g/mol. The average molecular weight is 348 g/mol. The molecule has 0 radical (unpaired) electrons. The molecule has 2 heterocycles. The zero-order valence-corrected chi connectivity index (χ0v) is 14.2. The Morgan fingerprint density at radius 2 is 2.12 bits per heavy atom. The summed E-state index contributed by atoms with van der Waals surface area (Å²) in [5, 5.41) is 7.70. The lowest BCUT2D eigenvalue weighted by Gasteiger charge is -2.23. The van der Waals surface area contributed by atoms with E-state index in [-0.39, 0.29) is 24.1 Å². The second kappa shape index (κ2) is 7.74. The number of amides is 1. The summed E-state index contributed by atoms with van der Waals surface area (Å²) in [6, 6.07) is 5.60. The normalized spacial score (nSPS) is 17.5. The van der Waals surface area contributed by atoms with Crippen molar-refractivity contribution in [1.29, 1.82) is 0 Å². The van der Waals surface area contributed by atoms with Crippen LogP contribution in [0.2, 0.25) is 0 Å². The number of aromatic nitrogens is 2. The van der Waals surface area contributed by atoms with Gasteiger partial charge in [-0.2, -0.15) is 5.10 Å². The summed E-state index contributed by atoms with van der Waals surface area (Å²) in [5.41, 5.74) is 0.192. The molecule has 0 saturated carbocycles. The second-order valence-electron chi connectivity index (χ2n) is 6.20. The van der Waals surface area contributed by atoms with E-state index in [9.17, 15) is 13.6 Å². The molecule has 134 valence electrons. The van der Waals surface area contributed by atoms with Crippen LogP contribution in [0.15, 0.2) is 30.5 Å². The third kappa shape index (κ3) is 3.87. The van der Waals surface area contributed by atoms with Gasteiger partial charge in [-0.05, 0) is 44.5 Å². The fourth-order valence-electron chi connectivity index (χ4n) is 3.08. The molecule has 0 aliphatic carbocycles. The summed E-state index contributed by atoms with van der Waals surface area (Å²) in [7, 11) is 0. The van der Waals surface area contributed by atoms with E-state index in [2.05, 4.69) is 10.4 Å². The molecule has 1 N–H and O–H groups in total. The van der Waals surface area contributed by atoms with Crippen molar-refractivity contribution in [2.24, 2.45) is 0 Å². The van der Waals surface area contributed by atoms with E-state index >= 15 is 0 Å². The molecule has 0 spiro atoms. The van der Waals surface area contributed by atoms with Crippen LogP contribution in [-0.2, 0) is 6.54 Å². The molecular formula is C18H22F2N4O. The van der Waals surface area contributed by atoms with Crippen molar-refractivity contribution >= 4 is 5.91 Å². The SMILES string of the molecule is CCN(Cc1c(F)cccc1F)C(=O)c1ccn(C2CCCNC2)n1. The zero-order chi connectivity index (χ0) is 17.8. The lowest BCUT2D eigenvalue weighted by molar-refractivity contribution is 0.0742. The first-order valence-corrected chi connectivity index (χ1v) is 8.58. The van der Waals surface area contributed by atoms with E-state index in [4.69, 9.17) is 0 Å². The highest BCUT2D eigenvalue weighted by atomic mass is 19.1. The molecule has 1 saturated heterocycles. The largest absolute Gasteiger partial charge is 0.333 e. The molecular weight excluding hydrogens is 326 g/mol. The first kappa shape index (κ1) is 17.5. The van der Waals surface area contributed by atoms with Gasteiger partial charge in [0.15, 0.2) is 0 Å². The minimum atomic E-state index is -0.648. The van der Waals surface area contributed by atoms with Gasteiger partial charge in [0.2, 0.25) is 0 Å². The number of piperidine rings is 1. The smallest absolute Gasteiger partial charge is 0.274 e. The standard InChI is InChI=1S/C18H22F2N4O/c1-2-23(12-14-15(19)6-3-7-16(14)20)18(25)17-8-10-24(22-17)13-5-4-9-21-11-13/h3,6-8,10,13,21H,2,4-5,9,11-12H2,1H3.